The number of nitrogens with one attached hydrogen (secondary N) is 19. The molecule has 2 aromatic heterocycles. The molecule has 35 N–H and O–H groups in total. The van der Waals surface area contributed by atoms with Crippen LogP contribution >= 0.6 is 25.3 Å². The van der Waals surface area contributed by atoms with Crippen molar-refractivity contribution in [2.45, 2.75) is 259 Å². The molecule has 3 aromatic rings. The Kier molecular flexibility index (Phi) is 50.4. The molecule has 1 fully saturated rings. The molecule has 1 aliphatic heterocycles. The molecule has 0 radical (unpaired) electrons. The Morgan fingerprint density at radius 3 is 1.27 bits per heavy atom. The minimum Gasteiger partial charge on any atom is -0.508 e. The quantitative estimate of drug-likeness (QED) is 0.0233. The number of phenolic OH excluding ortho intramolecular Hbond substituents is 1. The molecule has 0 spiro atoms. The number of aliphatic carboxylic acids is 3. The number of H-pyrrole nitrogens is 2. The summed E-state index contributed by atoms with van der Waals surface area (Å²) in [6.45, 7) is 6.78. The van der Waals surface area contributed by atoms with Gasteiger partial charge in [0, 0.05) is 67.5 Å². The molecular weight excluding hydrogens is 1950 g/mol. The van der Waals surface area contributed by atoms with Gasteiger partial charge in [-0.05, 0) is 82.9 Å². The third kappa shape index (κ3) is 40.2. The number of hydrogen-bond donors (Lipinski definition) is 34. The number of likely N-dealkylation sites (tertiary alicyclic amines) is 1. The smallest absolute Gasteiger partial charge is 0.326 e. The van der Waals surface area contributed by atoms with Crippen LogP contribution in [0.4, 0.5) is 0 Å². The van der Waals surface area contributed by atoms with Gasteiger partial charge in [0.05, 0.1) is 76.1 Å². The van der Waals surface area contributed by atoms with Gasteiger partial charge in [0.2, 0.25) is 118 Å². The Morgan fingerprint density at radius 2 is 0.806 bits per heavy atom. The molecule has 1 aliphatic rings. The number of amides is 20. The van der Waals surface area contributed by atoms with Crippen molar-refractivity contribution in [1.29, 1.82) is 0 Å². The van der Waals surface area contributed by atoms with Gasteiger partial charge in [-0.3, -0.25) is 105 Å². The zero-order chi connectivity index (χ0) is 109. The van der Waals surface area contributed by atoms with Crippen molar-refractivity contribution >= 4 is 161 Å². The molecule has 0 saturated carbocycles. The minimum atomic E-state index is -2.23. The number of aromatic amines is 2. The van der Waals surface area contributed by atoms with Crippen LogP contribution < -0.4 is 108 Å². The largest absolute Gasteiger partial charge is 0.508 e. The number of phenols is 1. The third-order valence-electron chi connectivity index (χ3n) is 21.7. The number of nitrogens with zero attached hydrogens (tertiary/aromatic N) is 3. The maximum Gasteiger partial charge on any atom is 0.326 e. The molecule has 0 aliphatic carbocycles. The first kappa shape index (κ1) is 122. The number of rotatable bonds is 62. The van der Waals surface area contributed by atoms with Crippen LogP contribution in [0.3, 0.4) is 0 Å². The number of hydrogen-bond acceptors (Lipinski definition) is 35. The van der Waals surface area contributed by atoms with E-state index in [9.17, 15) is 156 Å². The average molecular weight is 2080 g/mol. The normalized spacial score (nSPS) is 16.7. The van der Waals surface area contributed by atoms with Crippen LogP contribution in [0.1, 0.15) is 124 Å². The summed E-state index contributed by atoms with van der Waals surface area (Å²) in [6.07, 6.45) is -8.90. The second-order valence-electron chi connectivity index (χ2n) is 34.4. The van der Waals surface area contributed by atoms with E-state index in [1.54, 1.807) is 13.8 Å². The molecule has 60 heteroatoms. The van der Waals surface area contributed by atoms with Crippen molar-refractivity contribution in [1.82, 2.24) is 115 Å². The fourth-order valence-electron chi connectivity index (χ4n) is 13.9. The van der Waals surface area contributed by atoms with Crippen LogP contribution in [0.15, 0.2) is 49.3 Å². The first-order valence-corrected chi connectivity index (χ1v) is 46.1. The van der Waals surface area contributed by atoms with Gasteiger partial charge < -0.3 is 174 Å². The van der Waals surface area contributed by atoms with Crippen LogP contribution in [0.5, 0.6) is 5.75 Å². The number of benzene rings is 1. The predicted molar refractivity (Wildman–Crippen MR) is 500 cm³/mol. The number of nitrogens with two attached hydrogens (primary N) is 3. The second-order valence-corrected chi connectivity index (χ2v) is 35.1. The highest BCUT2D eigenvalue weighted by atomic mass is 32.1. The molecule has 22 atom stereocenters. The van der Waals surface area contributed by atoms with E-state index in [-0.39, 0.29) is 60.7 Å². The highest BCUT2D eigenvalue weighted by Crippen LogP contribution is 2.22. The Balaban J connectivity index is 1.56. The molecule has 3 heterocycles. The number of carboxylic acids is 3. The lowest BCUT2D eigenvalue weighted by Gasteiger charge is -2.32. The summed E-state index contributed by atoms with van der Waals surface area (Å²) in [5.74, 6) is -32.2. The molecule has 0 bridgehead atoms. The first-order valence-electron chi connectivity index (χ1n) is 44.9. The molecule has 0 unspecified atom stereocenters. The molecule has 1 aromatic carbocycles. The number of aliphatic hydroxyl groups is 6. The number of carbonyl (C=O) groups is 23. The van der Waals surface area contributed by atoms with E-state index < -0.39 is 352 Å². The summed E-state index contributed by atoms with van der Waals surface area (Å²) in [5.41, 5.74) is 16.9. The fraction of sp³-hybridized carbons (Fsp3) is 0.583. The average Bonchev–Trinajstić information content (AvgIpc) is 1.45. The van der Waals surface area contributed by atoms with Gasteiger partial charge in [-0.1, -0.05) is 39.8 Å². The van der Waals surface area contributed by atoms with E-state index in [0.29, 0.717) is 0 Å². The topological polar surface area (TPSA) is 938 Å². The third-order valence-corrected chi connectivity index (χ3v) is 22.4. The van der Waals surface area contributed by atoms with Crippen LogP contribution in [0.2, 0.25) is 0 Å². The number of aromatic nitrogens is 4. The fourth-order valence-corrected chi connectivity index (χ4v) is 14.4. The van der Waals surface area contributed by atoms with E-state index in [0.717, 1.165) is 32.6 Å². The number of thiol groups is 2. The van der Waals surface area contributed by atoms with E-state index >= 15 is 0 Å². The minimum absolute atomic E-state index is 0.0706. The summed E-state index contributed by atoms with van der Waals surface area (Å²) in [6, 6.07) is -28.1. The Morgan fingerprint density at radius 1 is 0.424 bits per heavy atom. The number of imidazole rings is 2. The van der Waals surface area contributed by atoms with Crippen LogP contribution in [-0.4, -0.2) is 383 Å². The first-order chi connectivity index (χ1) is 67.5. The number of aliphatic hydroxyl groups excluding tert-OH is 6. The molecule has 20 amide bonds. The summed E-state index contributed by atoms with van der Waals surface area (Å²) in [7, 11) is 0. The zero-order valence-electron chi connectivity index (χ0n) is 79.3. The lowest BCUT2D eigenvalue weighted by atomic mass is 9.99. The van der Waals surface area contributed by atoms with Gasteiger partial charge in [0.15, 0.2) is 0 Å². The van der Waals surface area contributed by atoms with E-state index in [2.05, 4.69) is 120 Å². The molecule has 144 heavy (non-hydrogen) atoms. The van der Waals surface area contributed by atoms with Gasteiger partial charge in [0.25, 0.3) is 0 Å². The lowest BCUT2D eigenvalue weighted by Crippen LogP contribution is -2.63. The number of carboxylic acid groups (broad SMARTS) is 3. The number of primary amides is 2. The van der Waals surface area contributed by atoms with Gasteiger partial charge in [-0.15, -0.1) is 0 Å². The van der Waals surface area contributed by atoms with Crippen molar-refractivity contribution in [2.75, 3.05) is 37.8 Å². The van der Waals surface area contributed by atoms with Gasteiger partial charge in [-0.25, -0.2) is 14.8 Å². The Labute approximate surface area is 832 Å². The lowest BCUT2D eigenvalue weighted by molar-refractivity contribution is -0.145. The van der Waals surface area contributed by atoms with Crippen molar-refractivity contribution < 1.29 is 161 Å². The molecule has 4 rings (SSSR count). The van der Waals surface area contributed by atoms with E-state index in [1.165, 1.54) is 63.2 Å². The summed E-state index contributed by atoms with van der Waals surface area (Å²) >= 11 is 8.14. The molecule has 798 valence electrons. The highest BCUT2D eigenvalue weighted by molar-refractivity contribution is 7.80. The monoisotopic (exact) mass is 2080 g/mol. The Bertz CT molecular complexity index is 4980. The second kappa shape index (κ2) is 59.5. The summed E-state index contributed by atoms with van der Waals surface area (Å²) in [4.78, 5) is 326. The van der Waals surface area contributed by atoms with Crippen molar-refractivity contribution in [3.63, 3.8) is 0 Å². The highest BCUT2D eigenvalue weighted by Gasteiger charge is 2.45. The maximum absolute atomic E-state index is 14.9. The molecule has 58 nitrogen and oxygen atoms in total. The van der Waals surface area contributed by atoms with Gasteiger partial charge >= 0.3 is 17.9 Å². The van der Waals surface area contributed by atoms with Crippen LogP contribution in [0.25, 0.3) is 0 Å². The van der Waals surface area contributed by atoms with E-state index in [4.69, 9.17) is 22.3 Å². The molecule has 1 saturated heterocycles. The van der Waals surface area contributed by atoms with Crippen LogP contribution in [-0.2, 0) is 130 Å². The zero-order valence-corrected chi connectivity index (χ0v) is 81.1. The van der Waals surface area contributed by atoms with Crippen molar-refractivity contribution in [2.24, 2.45) is 29.0 Å². The number of aromatic hydroxyl groups is 1. The van der Waals surface area contributed by atoms with Gasteiger partial charge in [-0.2, -0.15) is 25.3 Å². The van der Waals surface area contributed by atoms with E-state index in [1.807, 2.05) is 16.0 Å². The number of carbonyl (C=O) groups excluding carboxylic acids is 20. The maximum atomic E-state index is 14.9. The van der Waals surface area contributed by atoms with Gasteiger partial charge in [0.1, 0.15) is 115 Å². The summed E-state index contributed by atoms with van der Waals surface area (Å²) in [5, 5.41) is 140. The Hall–Kier alpha value is -14.3. The van der Waals surface area contributed by atoms with Crippen molar-refractivity contribution in [3.05, 3.63) is 66.3 Å². The molecular formula is C84H127N25O33S2. The standard InChI is InChI=1S/C84H127N25O33S2/c1-34(2)18-46(94-71(128)48(20-41-25-88-32-91-41)96-77(134)55(31-144)103-81(138)64(37(6)113)107-75(132)51(24-61(122)123)98-76(133)53(29-111)101-80(137)63(36(5)112)104-59(119)27-90-68(125)54(30-143)102-67(124)44(85)28-110)70(127)97-50(22-57(86)117)73(130)95-47(19-40-11-13-43(116)14-12-40)74(131)105-62(35(3)4)79(136)93-45(15-16-60(120)121)69(126)106-65(38(7)114)82(139)108-66(39(8)115)83(140)109-17-9-10-56(109)78(135)99-49(21-42-26-89-33-92-42)72(129)100-52(84(141)142)23-58(87)118/h11-14,25-26,32-39,44-56,62-66,110-116,143-144H,9-10,15-24,27-31,85H2,1-8H3,(H2,86,117)(H2,87,118)(H,88,91)(H,89,92)(H,90,125)(H,93,136)(H,94,128)(H,95,130)(H,96,134)(H,97,127)(H,98,133)(H,99,135)(H,100,129)(H,101,137)(H,102,124)(H,103,138)(H,104,119)(H,105,131)(H,106,126)(H,107,132)(H,108,139)(H,120,121)(H,122,123)(H,141,142)/t36-,37-,38-,39-,44+,45+,46+,47+,48+,49+,50+,51+,52+,53+,54+,55+,56+,62+,63+,64+,65+,66+/m1/s1. The predicted octanol–water partition coefficient (Wildman–Crippen LogP) is -14.7. The van der Waals surface area contributed by atoms with Crippen LogP contribution in [0, 0.1) is 11.8 Å². The van der Waals surface area contributed by atoms with Crippen molar-refractivity contribution in [3.8, 4) is 5.75 Å². The summed E-state index contributed by atoms with van der Waals surface area (Å²) < 4.78 is 0. The SMILES string of the molecule is CC(C)C[C@H](NC(=O)[C@H](Cc1cnc[nH]1)NC(=O)[C@H](CS)NC(=O)[C@@H](NC(=O)[C@H](CC(=O)O)NC(=O)[C@H](CO)NC(=O)[C@@H](NC(=O)CNC(=O)[C@H](CS)NC(=O)[C@@H](N)CO)[C@@H](C)O)[C@@H](C)O)C(=O)N[C@@H](CC(N)=O)C(=O)N[C@@H](Cc1ccc(O)cc1)C(=O)N[C@H](C(=O)N[C@@H](CCC(=O)O)C(=O)N[C@H](C(=O)N[C@H](C(=O)N1CCC[C@H]1C(=O)N[C@@H](Cc1cnc[nH]1)C(=O)N[C@@H](CC(N)=O)C(=O)O)[C@@H](C)O)[C@@H](C)O)C(C)C.